The number of ether oxygens (including phenoxy) is 4. The van der Waals surface area contributed by atoms with Crippen molar-refractivity contribution in [1.29, 1.82) is 0 Å². The van der Waals surface area contributed by atoms with Crippen LogP contribution in [0, 0.1) is 0 Å². The molecule has 0 aromatic rings. The fraction of sp³-hybridized carbons (Fsp3) is 0.733. The van der Waals surface area contributed by atoms with Gasteiger partial charge in [-0.2, -0.15) is 0 Å². The Bertz CT molecular complexity index is 2170. The average molecular weight is 1370 g/mol. The summed E-state index contributed by atoms with van der Waals surface area (Å²) in [7, 11) is -9.97. The van der Waals surface area contributed by atoms with E-state index in [0.717, 1.165) is 141 Å². The van der Waals surface area contributed by atoms with Gasteiger partial charge in [0.05, 0.1) is 32.8 Å². The van der Waals surface area contributed by atoms with Gasteiger partial charge in [-0.3, -0.25) is 37.3 Å². The number of aliphatic hydroxyl groups is 1. The van der Waals surface area contributed by atoms with Crippen molar-refractivity contribution in [3.05, 3.63) is 97.2 Å². The van der Waals surface area contributed by atoms with E-state index < -0.39 is 97.5 Å². The largest absolute Gasteiger partial charge is 0.472 e. The summed E-state index contributed by atoms with van der Waals surface area (Å²) >= 11 is 0. The lowest BCUT2D eigenvalue weighted by Crippen LogP contribution is -2.30. The lowest BCUT2D eigenvalue weighted by molar-refractivity contribution is -0.161. The highest BCUT2D eigenvalue weighted by atomic mass is 31.2. The molecule has 0 saturated heterocycles. The molecule has 5 atom stereocenters. The Morgan fingerprint density at radius 3 is 0.979 bits per heavy atom. The molecule has 0 heterocycles. The Hall–Kier alpha value is -4.02. The molecule has 0 spiro atoms. The Morgan fingerprint density at radius 1 is 0.319 bits per heavy atom. The lowest BCUT2D eigenvalue weighted by Gasteiger charge is -2.21. The topological polar surface area (TPSA) is 237 Å². The molecule has 17 nitrogen and oxygen atoms in total. The van der Waals surface area contributed by atoms with Crippen molar-refractivity contribution in [1.82, 2.24) is 0 Å². The van der Waals surface area contributed by atoms with Crippen LogP contribution in [0.2, 0.25) is 0 Å². The van der Waals surface area contributed by atoms with Crippen LogP contribution >= 0.6 is 15.6 Å². The zero-order valence-electron chi connectivity index (χ0n) is 58.9. The molecule has 0 aliphatic rings. The second-order valence-corrected chi connectivity index (χ2v) is 27.1. The molecule has 19 heteroatoms. The van der Waals surface area contributed by atoms with Gasteiger partial charge in [-0.25, -0.2) is 9.13 Å². The summed E-state index contributed by atoms with van der Waals surface area (Å²) < 4.78 is 68.1. The van der Waals surface area contributed by atoms with E-state index in [-0.39, 0.29) is 25.7 Å². The highest BCUT2D eigenvalue weighted by Crippen LogP contribution is 2.45. The maximum absolute atomic E-state index is 13.0. The number of unbranched alkanes of at least 4 members (excludes halogenated alkanes) is 27. The summed E-state index contributed by atoms with van der Waals surface area (Å²) in [5.74, 6) is -2.35. The Labute approximate surface area is 569 Å². The SMILES string of the molecule is CC/C=C\C/C=C\C/C=C\C/C=C\C/C=C\CC(=O)OCC(COP(=O)(O)OCC(O)COP(=O)(O)OCC(COC(=O)CCCCCCC/C=C\CCCCCC)OC(=O)CCCCCCC/C=C\CCCC)OC(=O)CCCCCCC/C=C\CCCCCCCC. The number of phosphoric ester groups is 2. The monoisotopic (exact) mass is 1360 g/mol. The number of hydrogen-bond donors (Lipinski definition) is 3. The molecule has 0 aromatic carbocycles. The number of rotatable bonds is 68. The van der Waals surface area contributed by atoms with E-state index in [2.05, 4.69) is 101 Å². The van der Waals surface area contributed by atoms with Crippen molar-refractivity contribution in [2.75, 3.05) is 39.6 Å². The first-order valence-corrected chi connectivity index (χ1v) is 39.5. The Balaban J connectivity index is 5.40. The quantitative estimate of drug-likeness (QED) is 0.0169. The molecule has 3 N–H and O–H groups in total. The fourth-order valence-electron chi connectivity index (χ4n) is 9.44. The third kappa shape index (κ3) is 66.6. The molecule has 0 aliphatic carbocycles. The number of carbonyl (C=O) groups is 4. The van der Waals surface area contributed by atoms with Crippen LogP contribution in [0.4, 0.5) is 0 Å². The van der Waals surface area contributed by atoms with Crippen LogP contribution in [0.3, 0.4) is 0 Å². The van der Waals surface area contributed by atoms with Crippen LogP contribution < -0.4 is 0 Å². The molecular weight excluding hydrogens is 1230 g/mol. The minimum atomic E-state index is -4.99. The van der Waals surface area contributed by atoms with Gasteiger partial charge in [0.25, 0.3) is 0 Å². The van der Waals surface area contributed by atoms with Crippen LogP contribution in [0.1, 0.15) is 297 Å². The molecule has 0 fully saturated rings. The van der Waals surface area contributed by atoms with Gasteiger partial charge in [0, 0.05) is 19.3 Å². The summed E-state index contributed by atoms with van der Waals surface area (Å²) in [5.41, 5.74) is 0. The van der Waals surface area contributed by atoms with Crippen LogP contribution in [0.25, 0.3) is 0 Å². The van der Waals surface area contributed by atoms with Crippen LogP contribution in [0.15, 0.2) is 97.2 Å². The Kier molecular flexibility index (Phi) is 64.7. The molecule has 0 amide bonds. The molecule has 542 valence electrons. The smallest absolute Gasteiger partial charge is 0.462 e. The molecule has 94 heavy (non-hydrogen) atoms. The summed E-state index contributed by atoms with van der Waals surface area (Å²) in [4.78, 5) is 72.6. The summed E-state index contributed by atoms with van der Waals surface area (Å²) in [5, 5.41) is 10.6. The molecule has 0 aromatic heterocycles. The van der Waals surface area contributed by atoms with Crippen LogP contribution in [-0.4, -0.2) is 96.7 Å². The standard InChI is InChI=1S/C75H130O17P2/c1-5-9-13-17-21-25-29-32-34-37-41-44-48-52-56-60-73(78)86-66-71(92-75(80)62-58-54-50-46-42-38-35-33-30-26-22-18-14-10-6-2)68-90-94(83,84)88-64-69(76)63-87-93(81,82)89-67-70(91-74(79)61-57-53-49-45-39-28-24-20-16-12-8-4)65-85-72(77)59-55-51-47-43-40-36-31-27-23-19-15-11-7-3/h9,13,20-21,24-25,27,31-35,41,44,52,56,69-71,76H,5-8,10-12,14-19,22-23,26,28-30,36-40,42-43,45-51,53-55,57-68H2,1-4H3,(H,81,82)(H,83,84)/b13-9-,24-20-,25-21-,31-27-,34-32-,35-33-,44-41-,56-52-. The van der Waals surface area contributed by atoms with E-state index in [4.69, 9.17) is 37.0 Å². The van der Waals surface area contributed by atoms with Gasteiger partial charge < -0.3 is 33.8 Å². The summed E-state index contributed by atoms with van der Waals surface area (Å²) in [6, 6.07) is 0. The molecule has 0 bridgehead atoms. The average Bonchev–Trinajstić information content (AvgIpc) is 1.36. The molecule has 0 saturated carbocycles. The maximum atomic E-state index is 13.0. The third-order valence-corrected chi connectivity index (χ3v) is 16.9. The molecule has 0 rings (SSSR count). The van der Waals surface area contributed by atoms with E-state index in [0.29, 0.717) is 25.7 Å². The van der Waals surface area contributed by atoms with Gasteiger partial charge >= 0.3 is 39.5 Å². The van der Waals surface area contributed by atoms with E-state index in [1.807, 2.05) is 18.2 Å². The number of esters is 4. The first-order valence-electron chi connectivity index (χ1n) is 36.5. The van der Waals surface area contributed by atoms with Crippen molar-refractivity contribution in [2.24, 2.45) is 0 Å². The minimum Gasteiger partial charge on any atom is -0.462 e. The molecule has 0 radical (unpaired) electrons. The predicted molar refractivity (Wildman–Crippen MR) is 381 cm³/mol. The molecule has 0 aliphatic heterocycles. The van der Waals surface area contributed by atoms with Crippen molar-refractivity contribution in [3.8, 4) is 0 Å². The summed E-state index contributed by atoms with van der Waals surface area (Å²) in [6.07, 6.45) is 68.7. The number of phosphoric acid groups is 2. The predicted octanol–water partition coefficient (Wildman–Crippen LogP) is 20.4. The van der Waals surface area contributed by atoms with Gasteiger partial charge in [0.2, 0.25) is 0 Å². The minimum absolute atomic E-state index is 0.0655. The molecular formula is C75H130O17P2. The number of allylic oxidation sites excluding steroid dienone is 15. The highest BCUT2D eigenvalue weighted by Gasteiger charge is 2.30. The maximum Gasteiger partial charge on any atom is 0.472 e. The Morgan fingerprint density at radius 2 is 0.606 bits per heavy atom. The van der Waals surface area contributed by atoms with Crippen LogP contribution in [-0.2, 0) is 65.4 Å². The first-order chi connectivity index (χ1) is 45.7. The highest BCUT2D eigenvalue weighted by molar-refractivity contribution is 7.47. The van der Waals surface area contributed by atoms with Crippen LogP contribution in [0.5, 0.6) is 0 Å². The van der Waals surface area contributed by atoms with Crippen molar-refractivity contribution in [2.45, 2.75) is 316 Å². The molecule has 5 unspecified atom stereocenters. The van der Waals surface area contributed by atoms with Gasteiger partial charge in [-0.15, -0.1) is 0 Å². The zero-order valence-corrected chi connectivity index (χ0v) is 60.7. The van der Waals surface area contributed by atoms with E-state index in [1.54, 1.807) is 6.08 Å². The number of hydrogen-bond acceptors (Lipinski definition) is 15. The fourth-order valence-corrected chi connectivity index (χ4v) is 11.0. The van der Waals surface area contributed by atoms with Gasteiger partial charge in [0.15, 0.2) is 12.2 Å². The number of aliphatic hydroxyl groups excluding tert-OH is 1. The number of carbonyl (C=O) groups excluding carboxylic acids is 4. The van der Waals surface area contributed by atoms with E-state index in [9.17, 15) is 43.2 Å². The normalized spacial score (nSPS) is 14.6. The lowest BCUT2D eigenvalue weighted by atomic mass is 10.1. The van der Waals surface area contributed by atoms with E-state index in [1.165, 1.54) is 77.0 Å². The van der Waals surface area contributed by atoms with E-state index >= 15 is 0 Å². The third-order valence-electron chi connectivity index (χ3n) is 15.0. The first kappa shape index (κ1) is 90.0. The van der Waals surface area contributed by atoms with Gasteiger partial charge in [-0.05, 0) is 122 Å². The van der Waals surface area contributed by atoms with Crippen molar-refractivity contribution in [3.63, 3.8) is 0 Å². The van der Waals surface area contributed by atoms with Gasteiger partial charge in [-0.1, -0.05) is 247 Å². The summed E-state index contributed by atoms with van der Waals surface area (Å²) in [6.45, 7) is 4.55. The second kappa shape index (κ2) is 67.5. The van der Waals surface area contributed by atoms with Crippen molar-refractivity contribution < 1.29 is 80.2 Å². The van der Waals surface area contributed by atoms with Gasteiger partial charge in [0.1, 0.15) is 19.3 Å². The second-order valence-electron chi connectivity index (χ2n) is 24.2. The van der Waals surface area contributed by atoms with Crippen molar-refractivity contribution >= 4 is 39.5 Å². The zero-order chi connectivity index (χ0) is 69.0.